The second kappa shape index (κ2) is 62.4. The number of hydrogen-bond acceptors (Lipinski definition) is 15. The van der Waals surface area contributed by atoms with Gasteiger partial charge in [0, 0.05) is 25.7 Å². The third-order valence-corrected chi connectivity index (χ3v) is 17.9. The van der Waals surface area contributed by atoms with E-state index in [4.69, 9.17) is 37.0 Å². The Morgan fingerprint density at radius 3 is 0.890 bits per heavy atom. The lowest BCUT2D eigenvalue weighted by molar-refractivity contribution is -0.161. The van der Waals surface area contributed by atoms with E-state index < -0.39 is 97.5 Å². The van der Waals surface area contributed by atoms with Gasteiger partial charge < -0.3 is 33.8 Å². The van der Waals surface area contributed by atoms with Crippen LogP contribution >= 0.6 is 15.6 Å². The molecular weight excluding hydrogens is 1200 g/mol. The van der Waals surface area contributed by atoms with E-state index in [0.29, 0.717) is 37.5 Å². The molecule has 0 aromatic rings. The van der Waals surface area contributed by atoms with E-state index >= 15 is 0 Å². The fraction of sp³-hybridized carbons (Fsp3) is 0.889. The number of allylic oxidation sites excluding steroid dienone is 4. The van der Waals surface area contributed by atoms with E-state index in [1.807, 2.05) is 0 Å². The smallest absolute Gasteiger partial charge is 0.462 e. The SMILES string of the molecule is CCCCCC/C=C\C=C/CCCCCCCC(=O)OC[C@H](COP(=O)(O)OCC(O)COP(=O)(O)OC[C@@H](COC(=O)CCCCCCCCCC(C)C)OC(=O)CCCCCCCCCCCCCCCC(C)C)OC(=O)CCCCCCCCCC(C)C. The molecule has 0 saturated carbocycles. The number of rotatable bonds is 68. The summed E-state index contributed by atoms with van der Waals surface area (Å²) in [5.74, 6) is 0.0235. The van der Waals surface area contributed by atoms with Gasteiger partial charge in [0.25, 0.3) is 0 Å². The molecule has 0 aromatic carbocycles. The van der Waals surface area contributed by atoms with Crippen LogP contribution in [0, 0.1) is 17.8 Å². The number of hydrogen-bond donors (Lipinski definition) is 3. The third kappa shape index (κ3) is 66.0. The molecule has 3 unspecified atom stereocenters. The Hall–Kier alpha value is -2.46. The summed E-state index contributed by atoms with van der Waals surface area (Å²) in [5, 5.41) is 10.6. The molecule has 0 spiro atoms. The zero-order valence-electron chi connectivity index (χ0n) is 58.8. The Kier molecular flexibility index (Phi) is 60.7. The Labute approximate surface area is 554 Å². The highest BCUT2D eigenvalue weighted by Gasteiger charge is 2.30. The molecule has 0 aliphatic heterocycles. The van der Waals surface area contributed by atoms with Crippen molar-refractivity contribution >= 4 is 39.5 Å². The number of carbonyl (C=O) groups excluding carboxylic acids is 4. The minimum atomic E-state index is -4.96. The zero-order valence-corrected chi connectivity index (χ0v) is 60.6. The van der Waals surface area contributed by atoms with Crippen molar-refractivity contribution in [2.24, 2.45) is 17.8 Å². The van der Waals surface area contributed by atoms with Crippen LogP contribution in [0.5, 0.6) is 0 Å². The second-order valence-electron chi connectivity index (χ2n) is 26.7. The van der Waals surface area contributed by atoms with Gasteiger partial charge in [-0.3, -0.25) is 37.3 Å². The molecule has 0 fully saturated rings. The van der Waals surface area contributed by atoms with Crippen molar-refractivity contribution in [1.82, 2.24) is 0 Å². The number of ether oxygens (including phenoxy) is 4. The molecule has 19 heteroatoms. The topological polar surface area (TPSA) is 237 Å². The molecule has 0 radical (unpaired) electrons. The summed E-state index contributed by atoms with van der Waals surface area (Å²) in [7, 11) is -9.91. The number of aliphatic hydroxyl groups is 1. The van der Waals surface area contributed by atoms with Gasteiger partial charge in [0.15, 0.2) is 12.2 Å². The summed E-state index contributed by atoms with van der Waals surface area (Å²) >= 11 is 0. The lowest BCUT2D eigenvalue weighted by atomic mass is 10.0. The van der Waals surface area contributed by atoms with Gasteiger partial charge in [0.2, 0.25) is 0 Å². The van der Waals surface area contributed by atoms with Crippen molar-refractivity contribution in [2.75, 3.05) is 39.6 Å². The van der Waals surface area contributed by atoms with Gasteiger partial charge in [-0.25, -0.2) is 9.13 Å². The van der Waals surface area contributed by atoms with Gasteiger partial charge >= 0.3 is 39.5 Å². The van der Waals surface area contributed by atoms with Crippen LogP contribution in [0.25, 0.3) is 0 Å². The average Bonchev–Trinajstić information content (AvgIpc) is 3.67. The molecule has 91 heavy (non-hydrogen) atoms. The van der Waals surface area contributed by atoms with Crippen LogP contribution in [0.1, 0.15) is 337 Å². The molecule has 0 heterocycles. The van der Waals surface area contributed by atoms with Crippen molar-refractivity contribution in [3.63, 3.8) is 0 Å². The summed E-state index contributed by atoms with van der Waals surface area (Å²) < 4.78 is 68.3. The number of phosphoric acid groups is 2. The maximum absolute atomic E-state index is 13.0. The van der Waals surface area contributed by atoms with Crippen LogP contribution in [0.2, 0.25) is 0 Å². The van der Waals surface area contributed by atoms with E-state index in [1.165, 1.54) is 122 Å². The van der Waals surface area contributed by atoms with Gasteiger partial charge in [-0.2, -0.15) is 0 Å². The highest BCUT2D eigenvalue weighted by atomic mass is 31.2. The first-order chi connectivity index (χ1) is 43.7. The zero-order chi connectivity index (χ0) is 67.3. The number of aliphatic hydroxyl groups excluding tert-OH is 1. The largest absolute Gasteiger partial charge is 0.472 e. The van der Waals surface area contributed by atoms with Gasteiger partial charge in [0.1, 0.15) is 19.3 Å². The summed E-state index contributed by atoms with van der Waals surface area (Å²) in [4.78, 5) is 72.6. The number of carbonyl (C=O) groups is 4. The number of phosphoric ester groups is 2. The van der Waals surface area contributed by atoms with Crippen molar-refractivity contribution in [1.29, 1.82) is 0 Å². The molecule has 0 aromatic heterocycles. The average molecular weight is 1340 g/mol. The molecule has 0 amide bonds. The van der Waals surface area contributed by atoms with Crippen molar-refractivity contribution in [3.05, 3.63) is 24.3 Å². The van der Waals surface area contributed by atoms with Crippen molar-refractivity contribution < 1.29 is 80.2 Å². The van der Waals surface area contributed by atoms with Crippen LogP contribution < -0.4 is 0 Å². The van der Waals surface area contributed by atoms with E-state index in [1.54, 1.807) is 0 Å². The Morgan fingerprint density at radius 2 is 0.593 bits per heavy atom. The van der Waals surface area contributed by atoms with E-state index in [9.17, 15) is 43.2 Å². The highest BCUT2D eigenvalue weighted by molar-refractivity contribution is 7.47. The van der Waals surface area contributed by atoms with Crippen molar-refractivity contribution in [3.8, 4) is 0 Å². The van der Waals surface area contributed by atoms with E-state index in [-0.39, 0.29) is 25.7 Å². The Bertz CT molecular complexity index is 1880. The Balaban J connectivity index is 5.25. The monoisotopic (exact) mass is 1330 g/mol. The maximum Gasteiger partial charge on any atom is 0.472 e. The molecule has 0 saturated heterocycles. The molecule has 17 nitrogen and oxygen atoms in total. The van der Waals surface area contributed by atoms with Crippen LogP contribution in [0.4, 0.5) is 0 Å². The lowest BCUT2D eigenvalue weighted by Gasteiger charge is -2.21. The van der Waals surface area contributed by atoms with Gasteiger partial charge in [-0.15, -0.1) is 0 Å². The van der Waals surface area contributed by atoms with Gasteiger partial charge in [0.05, 0.1) is 26.4 Å². The van der Waals surface area contributed by atoms with Crippen LogP contribution in [0.3, 0.4) is 0 Å². The lowest BCUT2D eigenvalue weighted by Crippen LogP contribution is -2.30. The van der Waals surface area contributed by atoms with Crippen LogP contribution in [-0.2, 0) is 65.4 Å². The van der Waals surface area contributed by atoms with Gasteiger partial charge in [-0.05, 0) is 69.1 Å². The quantitative estimate of drug-likeness (QED) is 0.0169. The fourth-order valence-corrected chi connectivity index (χ4v) is 11.9. The maximum atomic E-state index is 13.0. The molecule has 0 aliphatic carbocycles. The minimum absolute atomic E-state index is 0.0962. The second-order valence-corrected chi connectivity index (χ2v) is 29.6. The predicted octanol–water partition coefficient (Wildman–Crippen LogP) is 20.2. The fourth-order valence-electron chi connectivity index (χ4n) is 10.4. The number of esters is 4. The Morgan fingerprint density at radius 1 is 0.341 bits per heavy atom. The summed E-state index contributed by atoms with van der Waals surface area (Å²) in [6.45, 7) is 11.7. The molecule has 0 aliphatic rings. The molecule has 0 bridgehead atoms. The van der Waals surface area contributed by atoms with Crippen LogP contribution in [-0.4, -0.2) is 96.7 Å². The summed E-state index contributed by atoms with van der Waals surface area (Å²) in [6.07, 6.45) is 49.6. The van der Waals surface area contributed by atoms with Gasteiger partial charge in [-0.1, -0.05) is 285 Å². The van der Waals surface area contributed by atoms with E-state index in [0.717, 1.165) is 121 Å². The summed E-state index contributed by atoms with van der Waals surface area (Å²) in [6, 6.07) is 0. The minimum Gasteiger partial charge on any atom is -0.462 e. The predicted molar refractivity (Wildman–Crippen MR) is 367 cm³/mol. The molecule has 3 N–H and O–H groups in total. The summed E-state index contributed by atoms with van der Waals surface area (Å²) in [5.41, 5.74) is 0. The standard InChI is InChI=1S/C72H136O17P2/c1-8-9-10-11-12-13-14-15-16-19-22-25-32-39-46-53-69(74)82-59-68(89-72(77)56-49-42-35-28-31-38-45-52-65(6)7)62-87-91(80,81)85-58-66(73)57-84-90(78,79)86-61-67(60-83-70(75)54-47-40-34-27-30-37-44-51-64(4)5)88-71(76)55-48-41-33-26-23-20-17-18-21-24-29-36-43-50-63(2)3/h13-16,63-68,73H,8-12,17-62H2,1-7H3,(H,78,79)(H,80,81)/b14-13-,16-15-/t66?,67-,68-/m1/s1. The third-order valence-electron chi connectivity index (χ3n) is 16.0. The first kappa shape index (κ1) is 88.5. The first-order valence-corrected chi connectivity index (χ1v) is 39.7. The molecule has 5 atom stereocenters. The molecular formula is C72H136O17P2. The number of unbranched alkanes of at least 4 members (excludes halogenated alkanes) is 33. The molecule has 536 valence electrons. The van der Waals surface area contributed by atoms with E-state index in [2.05, 4.69) is 72.8 Å². The highest BCUT2D eigenvalue weighted by Crippen LogP contribution is 2.45. The first-order valence-electron chi connectivity index (χ1n) is 36.7. The van der Waals surface area contributed by atoms with Crippen LogP contribution in [0.15, 0.2) is 24.3 Å². The normalized spacial score (nSPS) is 14.3. The van der Waals surface area contributed by atoms with Crippen molar-refractivity contribution in [2.45, 2.75) is 356 Å². The molecule has 0 rings (SSSR count).